The second-order valence-corrected chi connectivity index (χ2v) is 11.6. The minimum absolute atomic E-state index is 0.104. The lowest BCUT2D eigenvalue weighted by Gasteiger charge is -2.57. The Morgan fingerprint density at radius 3 is 2.03 bits per heavy atom. The SMILES string of the molecule is CC(C)CN1C(=O)N(CC(C)C)C(=O)C2(Cc3ccccc3N3CCN(Cc4ccccc4)C[C@@H]32)C1=O. The lowest BCUT2D eigenvalue weighted by Crippen LogP contribution is -2.76. The van der Waals surface area contributed by atoms with Gasteiger partial charge in [-0.05, 0) is 35.4 Å². The number of piperazine rings is 1. The van der Waals surface area contributed by atoms with Crippen LogP contribution in [0.1, 0.15) is 38.8 Å². The molecule has 0 saturated carbocycles. The molecule has 2 aromatic rings. The number of carbonyl (C=O) groups excluding carboxylic acids is 3. The Balaban J connectivity index is 1.60. The summed E-state index contributed by atoms with van der Waals surface area (Å²) >= 11 is 0. The molecule has 7 heteroatoms. The number of rotatable bonds is 6. The third-order valence-corrected chi connectivity index (χ3v) is 7.86. The van der Waals surface area contributed by atoms with Gasteiger partial charge in [-0.15, -0.1) is 0 Å². The van der Waals surface area contributed by atoms with E-state index in [-0.39, 0.29) is 29.7 Å². The van der Waals surface area contributed by atoms with Crippen LogP contribution in [0.15, 0.2) is 54.6 Å². The number of amides is 4. The summed E-state index contributed by atoms with van der Waals surface area (Å²) in [6.07, 6.45) is 0.317. The van der Waals surface area contributed by atoms with Gasteiger partial charge in [0, 0.05) is 45.0 Å². The summed E-state index contributed by atoms with van der Waals surface area (Å²) in [5.41, 5.74) is 1.98. The van der Waals surface area contributed by atoms with E-state index in [9.17, 15) is 14.4 Å². The van der Waals surface area contributed by atoms with Crippen molar-refractivity contribution >= 4 is 23.5 Å². The quantitative estimate of drug-likeness (QED) is 0.559. The number of imide groups is 2. The maximum absolute atomic E-state index is 14.4. The first-order valence-electron chi connectivity index (χ1n) is 13.5. The molecule has 1 atom stereocenters. The predicted molar refractivity (Wildman–Crippen MR) is 144 cm³/mol. The lowest BCUT2D eigenvalue weighted by atomic mass is 9.67. The van der Waals surface area contributed by atoms with Crippen LogP contribution < -0.4 is 4.90 Å². The van der Waals surface area contributed by atoms with Gasteiger partial charge < -0.3 is 4.90 Å². The highest BCUT2D eigenvalue weighted by molar-refractivity contribution is 6.20. The number of hydrogen-bond donors (Lipinski definition) is 0. The lowest BCUT2D eigenvalue weighted by molar-refractivity contribution is -0.162. The van der Waals surface area contributed by atoms with Gasteiger partial charge in [-0.25, -0.2) is 4.79 Å². The van der Waals surface area contributed by atoms with Gasteiger partial charge in [0.1, 0.15) is 0 Å². The molecule has 37 heavy (non-hydrogen) atoms. The van der Waals surface area contributed by atoms with E-state index in [1.807, 2.05) is 64.1 Å². The molecular formula is C30H38N4O3. The van der Waals surface area contributed by atoms with Crippen LogP contribution in [0.2, 0.25) is 0 Å². The number of carbonyl (C=O) groups is 3. The van der Waals surface area contributed by atoms with Gasteiger partial charge in [0.2, 0.25) is 11.8 Å². The summed E-state index contributed by atoms with van der Waals surface area (Å²) in [6.45, 7) is 11.5. The number of anilines is 1. The Morgan fingerprint density at radius 1 is 0.811 bits per heavy atom. The minimum atomic E-state index is -1.33. The van der Waals surface area contributed by atoms with Crippen molar-refractivity contribution in [3.63, 3.8) is 0 Å². The van der Waals surface area contributed by atoms with Gasteiger partial charge in [0.25, 0.3) is 0 Å². The van der Waals surface area contributed by atoms with Crippen LogP contribution in [0, 0.1) is 17.3 Å². The van der Waals surface area contributed by atoms with E-state index >= 15 is 0 Å². The minimum Gasteiger partial charge on any atom is -0.364 e. The van der Waals surface area contributed by atoms with Crippen LogP contribution in [0.3, 0.4) is 0 Å². The number of benzene rings is 2. The van der Waals surface area contributed by atoms with Gasteiger partial charge in [0.15, 0.2) is 5.41 Å². The third-order valence-electron chi connectivity index (χ3n) is 7.86. The van der Waals surface area contributed by atoms with E-state index in [4.69, 9.17) is 0 Å². The normalized spacial score (nSPS) is 21.7. The summed E-state index contributed by atoms with van der Waals surface area (Å²) in [7, 11) is 0. The van der Waals surface area contributed by atoms with Crippen molar-refractivity contribution in [2.24, 2.45) is 17.3 Å². The van der Waals surface area contributed by atoms with Crippen molar-refractivity contribution < 1.29 is 14.4 Å². The molecule has 196 valence electrons. The van der Waals surface area contributed by atoms with Crippen molar-refractivity contribution in [2.75, 3.05) is 37.6 Å². The highest BCUT2D eigenvalue weighted by atomic mass is 16.2. The van der Waals surface area contributed by atoms with Crippen LogP contribution in [0.25, 0.3) is 0 Å². The van der Waals surface area contributed by atoms with Crippen molar-refractivity contribution in [1.82, 2.24) is 14.7 Å². The molecule has 0 bridgehead atoms. The molecule has 5 rings (SSSR count). The molecule has 0 N–H and O–H groups in total. The van der Waals surface area contributed by atoms with Crippen LogP contribution in [0.4, 0.5) is 10.5 Å². The van der Waals surface area contributed by atoms with Crippen LogP contribution in [-0.4, -0.2) is 71.3 Å². The fourth-order valence-corrected chi connectivity index (χ4v) is 6.27. The zero-order valence-electron chi connectivity index (χ0n) is 22.4. The largest absolute Gasteiger partial charge is 0.364 e. The Bertz CT molecular complexity index is 1150. The second-order valence-electron chi connectivity index (χ2n) is 11.6. The summed E-state index contributed by atoms with van der Waals surface area (Å²) in [4.78, 5) is 49.8. The second kappa shape index (κ2) is 9.93. The predicted octanol–water partition coefficient (Wildman–Crippen LogP) is 4.02. The molecule has 0 aromatic heterocycles. The molecule has 2 fully saturated rings. The van der Waals surface area contributed by atoms with Crippen molar-refractivity contribution in [3.8, 4) is 0 Å². The topological polar surface area (TPSA) is 64.2 Å². The number of barbiturate groups is 1. The molecule has 0 radical (unpaired) electrons. The fourth-order valence-electron chi connectivity index (χ4n) is 6.27. The van der Waals surface area contributed by atoms with E-state index in [1.165, 1.54) is 15.4 Å². The summed E-state index contributed by atoms with van der Waals surface area (Å²) < 4.78 is 0. The maximum atomic E-state index is 14.4. The molecule has 0 unspecified atom stereocenters. The van der Waals surface area contributed by atoms with Crippen molar-refractivity contribution in [3.05, 3.63) is 65.7 Å². The average molecular weight is 503 g/mol. The summed E-state index contributed by atoms with van der Waals surface area (Å²) in [5.74, 6) is -0.455. The number of hydrogen-bond acceptors (Lipinski definition) is 5. The number of urea groups is 1. The molecule has 2 aromatic carbocycles. The first-order chi connectivity index (χ1) is 17.7. The Morgan fingerprint density at radius 2 is 1.41 bits per heavy atom. The zero-order chi connectivity index (χ0) is 26.3. The van der Waals surface area contributed by atoms with Crippen LogP contribution in [0.5, 0.6) is 0 Å². The summed E-state index contributed by atoms with van der Waals surface area (Å²) in [5, 5.41) is 0. The van der Waals surface area contributed by atoms with E-state index in [0.717, 1.165) is 30.9 Å². The first-order valence-corrected chi connectivity index (χ1v) is 13.5. The van der Waals surface area contributed by atoms with E-state index in [2.05, 4.69) is 28.0 Å². The van der Waals surface area contributed by atoms with Gasteiger partial charge in [0.05, 0.1) is 6.04 Å². The molecule has 3 heterocycles. The molecule has 7 nitrogen and oxygen atoms in total. The van der Waals surface area contributed by atoms with Crippen molar-refractivity contribution in [2.45, 2.75) is 46.7 Å². The van der Waals surface area contributed by atoms with E-state index in [1.54, 1.807) is 0 Å². The van der Waals surface area contributed by atoms with E-state index in [0.29, 0.717) is 26.1 Å². The van der Waals surface area contributed by atoms with Gasteiger partial charge in [-0.2, -0.15) is 0 Å². The Hall–Kier alpha value is -3.19. The average Bonchev–Trinajstić information content (AvgIpc) is 2.88. The maximum Gasteiger partial charge on any atom is 0.333 e. The van der Waals surface area contributed by atoms with Gasteiger partial charge >= 0.3 is 6.03 Å². The van der Waals surface area contributed by atoms with Gasteiger partial charge in [-0.3, -0.25) is 24.3 Å². The highest BCUT2D eigenvalue weighted by Gasteiger charge is 2.64. The van der Waals surface area contributed by atoms with Gasteiger partial charge in [-0.1, -0.05) is 76.2 Å². The Labute approximate surface area is 220 Å². The number of para-hydroxylation sites is 1. The molecule has 3 aliphatic heterocycles. The monoisotopic (exact) mass is 502 g/mol. The smallest absolute Gasteiger partial charge is 0.333 e. The standard InChI is InChI=1S/C30H38N4O3/c1-21(2)17-33-27(35)30(28(36)34(29(33)37)18-22(3)4)16-24-12-8-9-13-25(24)32-15-14-31(20-26(30)32)19-23-10-6-5-7-11-23/h5-13,21-22,26H,14-20H2,1-4H3/t26-/m1/s1. The molecule has 2 saturated heterocycles. The van der Waals surface area contributed by atoms with Crippen LogP contribution in [-0.2, 0) is 22.6 Å². The first kappa shape index (κ1) is 25.5. The highest BCUT2D eigenvalue weighted by Crippen LogP contribution is 2.47. The fraction of sp³-hybridized carbons (Fsp3) is 0.500. The molecular weight excluding hydrogens is 464 g/mol. The zero-order valence-corrected chi connectivity index (χ0v) is 22.4. The molecule has 0 aliphatic carbocycles. The van der Waals surface area contributed by atoms with E-state index < -0.39 is 11.4 Å². The van der Waals surface area contributed by atoms with Crippen molar-refractivity contribution in [1.29, 1.82) is 0 Å². The molecule has 4 amide bonds. The van der Waals surface area contributed by atoms with Crippen LogP contribution >= 0.6 is 0 Å². The Kier molecular flexibility index (Phi) is 6.84. The number of fused-ring (bicyclic) bond motifs is 4. The summed E-state index contributed by atoms with van der Waals surface area (Å²) in [6, 6.07) is 17.6. The molecule has 3 aliphatic rings. The molecule has 1 spiro atoms. The number of nitrogens with zero attached hydrogens (tertiary/aromatic N) is 4. The third kappa shape index (κ3) is 4.43.